The summed E-state index contributed by atoms with van der Waals surface area (Å²) in [5.41, 5.74) is 5.94. The van der Waals surface area contributed by atoms with Crippen LogP contribution >= 0.6 is 0 Å². The van der Waals surface area contributed by atoms with Gasteiger partial charge in [-0.15, -0.1) is 0 Å². The molecule has 0 amide bonds. The number of anilines is 2. The van der Waals surface area contributed by atoms with E-state index in [-0.39, 0.29) is 0 Å². The Labute approximate surface area is 114 Å². The highest BCUT2D eigenvalue weighted by Gasteiger charge is 2.22. The summed E-state index contributed by atoms with van der Waals surface area (Å²) in [6.45, 7) is 1.94. The van der Waals surface area contributed by atoms with E-state index in [2.05, 4.69) is 20.6 Å². The Morgan fingerprint density at radius 1 is 0.947 bits per heavy atom. The lowest BCUT2D eigenvalue weighted by Gasteiger charge is -2.27. The van der Waals surface area contributed by atoms with Crippen LogP contribution in [0.2, 0.25) is 0 Å². The third-order valence-corrected chi connectivity index (χ3v) is 3.89. The van der Waals surface area contributed by atoms with Crippen molar-refractivity contribution in [3.8, 4) is 0 Å². The molecule has 5 nitrogen and oxygen atoms in total. The van der Waals surface area contributed by atoms with Crippen LogP contribution in [0.25, 0.3) is 0 Å². The van der Waals surface area contributed by atoms with E-state index in [0.29, 0.717) is 18.1 Å². The standard InChI is InChI=1S/C14H23N5/c1-9-16-13(8-14(17-9)19-12-6-7-12)18-11-4-2-10(15)3-5-11/h8,10-12H,2-7,15H2,1H3,(H2,16,17,18,19). The highest BCUT2D eigenvalue weighted by Crippen LogP contribution is 2.25. The Morgan fingerprint density at radius 3 is 1.89 bits per heavy atom. The maximum atomic E-state index is 5.94. The van der Waals surface area contributed by atoms with Gasteiger partial charge in [0.05, 0.1) is 0 Å². The molecular weight excluding hydrogens is 238 g/mol. The Bertz CT molecular complexity index is 435. The fourth-order valence-electron chi connectivity index (χ4n) is 2.63. The second-order valence-corrected chi connectivity index (χ2v) is 5.86. The molecular formula is C14H23N5. The van der Waals surface area contributed by atoms with Crippen molar-refractivity contribution in [3.63, 3.8) is 0 Å². The van der Waals surface area contributed by atoms with Crippen LogP contribution in [0, 0.1) is 6.92 Å². The van der Waals surface area contributed by atoms with Gasteiger partial charge in [-0.25, -0.2) is 9.97 Å². The molecule has 0 radical (unpaired) electrons. The number of nitrogens with two attached hydrogens (primary N) is 1. The van der Waals surface area contributed by atoms with Gasteiger partial charge in [0, 0.05) is 24.2 Å². The lowest BCUT2D eigenvalue weighted by atomic mass is 9.92. The molecule has 0 aromatic carbocycles. The zero-order valence-electron chi connectivity index (χ0n) is 11.5. The van der Waals surface area contributed by atoms with Crippen LogP contribution < -0.4 is 16.4 Å². The number of aromatic nitrogens is 2. The SMILES string of the molecule is Cc1nc(NC2CCC(N)CC2)cc(NC2CC2)n1. The van der Waals surface area contributed by atoms with Crippen molar-refractivity contribution in [3.05, 3.63) is 11.9 Å². The smallest absolute Gasteiger partial charge is 0.132 e. The predicted octanol–water partition coefficient (Wildman–Crippen LogP) is 2.04. The molecule has 2 aliphatic carbocycles. The number of nitrogens with zero attached hydrogens (tertiary/aromatic N) is 2. The van der Waals surface area contributed by atoms with Crippen molar-refractivity contribution in [1.82, 2.24) is 9.97 Å². The van der Waals surface area contributed by atoms with Gasteiger partial charge in [-0.3, -0.25) is 0 Å². The van der Waals surface area contributed by atoms with Crippen LogP contribution in [-0.2, 0) is 0 Å². The summed E-state index contributed by atoms with van der Waals surface area (Å²) in [7, 11) is 0. The van der Waals surface area contributed by atoms with Crippen molar-refractivity contribution in [2.24, 2.45) is 5.73 Å². The van der Waals surface area contributed by atoms with Gasteiger partial charge in [-0.05, 0) is 45.4 Å². The highest BCUT2D eigenvalue weighted by molar-refractivity contribution is 5.49. The first kappa shape index (κ1) is 12.7. The lowest BCUT2D eigenvalue weighted by molar-refractivity contribution is 0.410. The molecule has 2 aliphatic rings. The zero-order valence-corrected chi connectivity index (χ0v) is 11.5. The maximum absolute atomic E-state index is 5.94. The normalized spacial score (nSPS) is 27.1. The van der Waals surface area contributed by atoms with E-state index in [1.165, 1.54) is 12.8 Å². The van der Waals surface area contributed by atoms with Gasteiger partial charge in [-0.2, -0.15) is 0 Å². The number of aryl methyl sites for hydroxylation is 1. The summed E-state index contributed by atoms with van der Waals surface area (Å²) in [4.78, 5) is 8.92. The maximum Gasteiger partial charge on any atom is 0.132 e. The number of nitrogens with one attached hydrogen (secondary N) is 2. The Balaban J connectivity index is 1.64. The fourth-order valence-corrected chi connectivity index (χ4v) is 2.63. The molecule has 1 heterocycles. The minimum absolute atomic E-state index is 0.386. The van der Waals surface area contributed by atoms with Crippen LogP contribution in [0.15, 0.2) is 6.07 Å². The van der Waals surface area contributed by atoms with Gasteiger partial charge >= 0.3 is 0 Å². The molecule has 0 unspecified atom stereocenters. The first-order chi connectivity index (χ1) is 9.19. The number of hydrogen-bond donors (Lipinski definition) is 3. The second kappa shape index (κ2) is 5.33. The molecule has 1 aromatic rings. The van der Waals surface area contributed by atoms with Crippen molar-refractivity contribution in [2.75, 3.05) is 10.6 Å². The minimum Gasteiger partial charge on any atom is -0.367 e. The minimum atomic E-state index is 0.386. The molecule has 2 fully saturated rings. The molecule has 0 saturated heterocycles. The zero-order chi connectivity index (χ0) is 13.2. The van der Waals surface area contributed by atoms with E-state index in [9.17, 15) is 0 Å². The van der Waals surface area contributed by atoms with Crippen LogP contribution in [-0.4, -0.2) is 28.1 Å². The van der Waals surface area contributed by atoms with E-state index in [4.69, 9.17) is 5.73 Å². The van der Waals surface area contributed by atoms with E-state index in [1.807, 2.05) is 13.0 Å². The quantitative estimate of drug-likeness (QED) is 0.773. The molecule has 19 heavy (non-hydrogen) atoms. The molecule has 4 N–H and O–H groups in total. The Hall–Kier alpha value is -1.36. The van der Waals surface area contributed by atoms with Crippen molar-refractivity contribution in [1.29, 1.82) is 0 Å². The van der Waals surface area contributed by atoms with Crippen LogP contribution in [0.4, 0.5) is 11.6 Å². The highest BCUT2D eigenvalue weighted by atomic mass is 15.1. The molecule has 5 heteroatoms. The van der Waals surface area contributed by atoms with Gasteiger partial charge in [0.25, 0.3) is 0 Å². The first-order valence-corrected chi connectivity index (χ1v) is 7.33. The van der Waals surface area contributed by atoms with Crippen LogP contribution in [0.1, 0.15) is 44.3 Å². The summed E-state index contributed by atoms with van der Waals surface area (Å²) in [5.74, 6) is 2.71. The van der Waals surface area contributed by atoms with Crippen LogP contribution in [0.3, 0.4) is 0 Å². The van der Waals surface area contributed by atoms with Crippen molar-refractivity contribution < 1.29 is 0 Å². The molecule has 3 rings (SSSR count). The lowest BCUT2D eigenvalue weighted by Crippen LogP contribution is -2.33. The average Bonchev–Trinajstić information content (AvgIpc) is 3.15. The van der Waals surface area contributed by atoms with Crippen molar-refractivity contribution >= 4 is 11.6 Å². The van der Waals surface area contributed by atoms with Crippen LogP contribution in [0.5, 0.6) is 0 Å². The van der Waals surface area contributed by atoms with E-state index in [1.54, 1.807) is 0 Å². The molecule has 0 spiro atoms. The van der Waals surface area contributed by atoms with E-state index < -0.39 is 0 Å². The third kappa shape index (κ3) is 3.56. The molecule has 2 saturated carbocycles. The molecule has 0 aliphatic heterocycles. The second-order valence-electron chi connectivity index (χ2n) is 5.86. The fraction of sp³-hybridized carbons (Fsp3) is 0.714. The van der Waals surface area contributed by atoms with Gasteiger partial charge in [0.15, 0.2) is 0 Å². The topological polar surface area (TPSA) is 75.9 Å². The summed E-state index contributed by atoms with van der Waals surface area (Å²) < 4.78 is 0. The Kier molecular flexibility index (Phi) is 3.55. The van der Waals surface area contributed by atoms with E-state index >= 15 is 0 Å². The van der Waals surface area contributed by atoms with Gasteiger partial charge < -0.3 is 16.4 Å². The van der Waals surface area contributed by atoms with Gasteiger partial charge in [0.1, 0.15) is 17.5 Å². The Morgan fingerprint density at radius 2 is 1.42 bits per heavy atom. The molecule has 0 atom stereocenters. The van der Waals surface area contributed by atoms with Gasteiger partial charge in [-0.1, -0.05) is 0 Å². The molecule has 0 bridgehead atoms. The monoisotopic (exact) mass is 261 g/mol. The third-order valence-electron chi connectivity index (χ3n) is 3.89. The first-order valence-electron chi connectivity index (χ1n) is 7.33. The largest absolute Gasteiger partial charge is 0.367 e. The summed E-state index contributed by atoms with van der Waals surface area (Å²) >= 11 is 0. The summed E-state index contributed by atoms with van der Waals surface area (Å²) in [5, 5.41) is 6.96. The molecule has 104 valence electrons. The van der Waals surface area contributed by atoms with Gasteiger partial charge in [0.2, 0.25) is 0 Å². The molecule has 1 aromatic heterocycles. The predicted molar refractivity (Wildman–Crippen MR) is 77.3 cm³/mol. The summed E-state index contributed by atoms with van der Waals surface area (Å²) in [6.07, 6.45) is 6.99. The van der Waals surface area contributed by atoms with Crippen molar-refractivity contribution in [2.45, 2.75) is 63.6 Å². The summed E-state index contributed by atoms with van der Waals surface area (Å²) in [6, 6.07) is 3.54. The number of rotatable bonds is 4. The number of hydrogen-bond acceptors (Lipinski definition) is 5. The average molecular weight is 261 g/mol. The van der Waals surface area contributed by atoms with E-state index in [0.717, 1.165) is 43.1 Å².